The quantitative estimate of drug-likeness (QED) is 0.296. The van der Waals surface area contributed by atoms with Gasteiger partial charge in [-0.05, 0) is 12.8 Å². The van der Waals surface area contributed by atoms with Gasteiger partial charge in [0.1, 0.15) is 0 Å². The third-order valence-electron chi connectivity index (χ3n) is 1.81. The van der Waals surface area contributed by atoms with Crippen LogP contribution < -0.4 is 0 Å². The molecule has 2 nitrogen and oxygen atoms in total. The predicted octanol–water partition coefficient (Wildman–Crippen LogP) is 2.95. The molecule has 0 unspecified atom stereocenters. The fourth-order valence-electron chi connectivity index (χ4n) is 1.26. The number of hydrogen-bond acceptors (Lipinski definition) is 4. The molecule has 0 atom stereocenters. The first-order valence-electron chi connectivity index (χ1n) is 3.83. The summed E-state index contributed by atoms with van der Waals surface area (Å²) < 4.78 is 3.44. The molecule has 1 rings (SSSR count). The first-order chi connectivity index (χ1) is 5.43. The zero-order valence-corrected chi connectivity index (χ0v) is 7.92. The van der Waals surface area contributed by atoms with Crippen LogP contribution in [-0.2, 0) is 4.79 Å². The van der Waals surface area contributed by atoms with Crippen LogP contribution in [-0.4, -0.2) is 11.3 Å². The lowest BCUT2D eigenvalue weighted by molar-refractivity contribution is 0.517. The molecule has 0 spiro atoms. The molecule has 62 valence electrons. The zero-order chi connectivity index (χ0) is 7.94. The van der Waals surface area contributed by atoms with Gasteiger partial charge in [0.2, 0.25) is 6.08 Å². The van der Waals surface area contributed by atoms with Crippen LogP contribution in [0.15, 0.2) is 4.40 Å². The number of nitrogens with zero attached hydrogens (tertiary/aromatic N) is 1. The lowest BCUT2D eigenvalue weighted by atomic mass is 10.0. The standard InChI is InChI=1S/C7H11NOS2/c9-6-8-11-10-7-4-2-1-3-5-7/h7H,1-5H2. The second-order valence-corrected chi connectivity index (χ2v) is 4.83. The van der Waals surface area contributed by atoms with Gasteiger partial charge >= 0.3 is 0 Å². The molecule has 0 heterocycles. The van der Waals surface area contributed by atoms with Gasteiger partial charge in [-0.15, -0.1) is 4.40 Å². The van der Waals surface area contributed by atoms with Crippen molar-refractivity contribution in [3.05, 3.63) is 0 Å². The van der Waals surface area contributed by atoms with Crippen molar-refractivity contribution >= 4 is 27.9 Å². The molecule has 1 fully saturated rings. The molecule has 11 heavy (non-hydrogen) atoms. The molecular formula is C7H11NOS2. The highest BCUT2D eigenvalue weighted by atomic mass is 33.1. The number of rotatable bonds is 3. The van der Waals surface area contributed by atoms with E-state index in [1.807, 2.05) is 0 Å². The summed E-state index contributed by atoms with van der Waals surface area (Å²) >= 11 is 0. The second-order valence-electron chi connectivity index (χ2n) is 2.61. The molecule has 4 heteroatoms. The van der Waals surface area contributed by atoms with Crippen LogP contribution in [0.2, 0.25) is 0 Å². The van der Waals surface area contributed by atoms with Crippen molar-refractivity contribution in [2.75, 3.05) is 0 Å². The van der Waals surface area contributed by atoms with Crippen molar-refractivity contribution in [1.29, 1.82) is 0 Å². The van der Waals surface area contributed by atoms with E-state index < -0.39 is 0 Å². The first kappa shape index (κ1) is 9.17. The summed E-state index contributed by atoms with van der Waals surface area (Å²) in [6.45, 7) is 0. The van der Waals surface area contributed by atoms with Gasteiger partial charge in [-0.2, -0.15) is 0 Å². The van der Waals surface area contributed by atoms with E-state index in [9.17, 15) is 4.79 Å². The van der Waals surface area contributed by atoms with Gasteiger partial charge in [-0.1, -0.05) is 30.1 Å². The fourth-order valence-corrected chi connectivity index (χ4v) is 3.14. The number of hydrogen-bond donors (Lipinski definition) is 0. The predicted molar refractivity (Wildman–Crippen MR) is 50.2 cm³/mol. The molecule has 0 aromatic rings. The van der Waals surface area contributed by atoms with Gasteiger partial charge in [0.15, 0.2) is 0 Å². The molecule has 0 aromatic heterocycles. The summed E-state index contributed by atoms with van der Waals surface area (Å²) in [6.07, 6.45) is 8.14. The summed E-state index contributed by atoms with van der Waals surface area (Å²) in [4.78, 5) is 9.72. The van der Waals surface area contributed by atoms with Crippen LogP contribution in [0.3, 0.4) is 0 Å². The van der Waals surface area contributed by atoms with Crippen molar-refractivity contribution in [3.63, 3.8) is 0 Å². The summed E-state index contributed by atoms with van der Waals surface area (Å²) in [5.41, 5.74) is 0. The molecule has 0 aromatic carbocycles. The van der Waals surface area contributed by atoms with Crippen molar-refractivity contribution in [3.8, 4) is 0 Å². The Bertz CT molecular complexity index is 151. The van der Waals surface area contributed by atoms with Crippen LogP contribution >= 0.6 is 21.8 Å². The average molecular weight is 189 g/mol. The van der Waals surface area contributed by atoms with Gasteiger partial charge in [0.05, 0.1) is 11.0 Å². The Labute approximate surface area is 74.8 Å². The van der Waals surface area contributed by atoms with Crippen LogP contribution in [0.5, 0.6) is 0 Å². The van der Waals surface area contributed by atoms with Gasteiger partial charge in [0, 0.05) is 5.25 Å². The highest BCUT2D eigenvalue weighted by Crippen LogP contribution is 2.35. The summed E-state index contributed by atoms with van der Waals surface area (Å²) in [6, 6.07) is 0. The lowest BCUT2D eigenvalue weighted by Crippen LogP contribution is -2.05. The molecule has 0 radical (unpaired) electrons. The minimum Gasteiger partial charge on any atom is -0.210 e. The van der Waals surface area contributed by atoms with Crippen molar-refractivity contribution in [2.24, 2.45) is 4.40 Å². The zero-order valence-electron chi connectivity index (χ0n) is 6.28. The molecule has 0 aliphatic heterocycles. The topological polar surface area (TPSA) is 29.4 Å². The minimum absolute atomic E-state index is 0.714. The van der Waals surface area contributed by atoms with E-state index in [4.69, 9.17) is 0 Å². The van der Waals surface area contributed by atoms with E-state index in [-0.39, 0.29) is 0 Å². The number of isocyanates is 1. The number of carbonyl (C=O) groups excluding carboxylic acids is 1. The van der Waals surface area contributed by atoms with E-state index in [1.54, 1.807) is 10.8 Å². The smallest absolute Gasteiger partial charge is 0.210 e. The van der Waals surface area contributed by atoms with Crippen LogP contribution in [0.1, 0.15) is 32.1 Å². The Morgan fingerprint density at radius 3 is 2.64 bits per heavy atom. The van der Waals surface area contributed by atoms with E-state index in [0.717, 1.165) is 0 Å². The van der Waals surface area contributed by atoms with Crippen molar-refractivity contribution in [2.45, 2.75) is 37.4 Å². The van der Waals surface area contributed by atoms with Crippen molar-refractivity contribution < 1.29 is 4.79 Å². The Balaban J connectivity index is 2.09. The maximum Gasteiger partial charge on any atom is 0.248 e. The maximum absolute atomic E-state index is 9.72. The fraction of sp³-hybridized carbons (Fsp3) is 0.857. The van der Waals surface area contributed by atoms with E-state index >= 15 is 0 Å². The molecule has 1 aliphatic rings. The van der Waals surface area contributed by atoms with Gasteiger partial charge in [-0.25, -0.2) is 4.79 Å². The Hall–Kier alpha value is 0.0800. The first-order valence-corrected chi connectivity index (χ1v) is 6.00. The largest absolute Gasteiger partial charge is 0.248 e. The summed E-state index contributed by atoms with van der Waals surface area (Å²) in [7, 11) is 2.99. The normalized spacial score (nSPS) is 19.3. The monoisotopic (exact) mass is 189 g/mol. The highest BCUT2D eigenvalue weighted by molar-refractivity contribution is 8.76. The second kappa shape index (κ2) is 5.70. The summed E-state index contributed by atoms with van der Waals surface area (Å²) in [5, 5.41) is 0.714. The molecule has 1 aliphatic carbocycles. The van der Waals surface area contributed by atoms with Crippen LogP contribution in [0, 0.1) is 0 Å². The molecule has 0 bridgehead atoms. The third kappa shape index (κ3) is 3.85. The molecule has 1 saturated carbocycles. The Kier molecular flexibility index (Phi) is 4.75. The SMILES string of the molecule is O=C=NSSC1CCCCC1. The van der Waals surface area contributed by atoms with Gasteiger partial charge in [-0.3, -0.25) is 0 Å². The Morgan fingerprint density at radius 1 is 1.27 bits per heavy atom. The molecule has 0 N–H and O–H groups in total. The average Bonchev–Trinajstić information content (AvgIpc) is 2.07. The van der Waals surface area contributed by atoms with Gasteiger partial charge < -0.3 is 0 Å². The minimum atomic E-state index is 0.714. The van der Waals surface area contributed by atoms with E-state index in [0.29, 0.717) is 5.25 Å². The van der Waals surface area contributed by atoms with E-state index in [1.165, 1.54) is 49.2 Å². The molecular weight excluding hydrogens is 178 g/mol. The van der Waals surface area contributed by atoms with Crippen molar-refractivity contribution in [1.82, 2.24) is 0 Å². The highest BCUT2D eigenvalue weighted by Gasteiger charge is 2.13. The molecule has 0 saturated heterocycles. The lowest BCUT2D eigenvalue weighted by Gasteiger charge is -2.18. The van der Waals surface area contributed by atoms with Gasteiger partial charge in [0.25, 0.3) is 0 Å². The maximum atomic E-state index is 9.72. The van der Waals surface area contributed by atoms with Crippen LogP contribution in [0.4, 0.5) is 0 Å². The molecule has 0 amide bonds. The van der Waals surface area contributed by atoms with Crippen LogP contribution in [0.25, 0.3) is 0 Å². The van der Waals surface area contributed by atoms with E-state index in [2.05, 4.69) is 4.40 Å². The Morgan fingerprint density at radius 2 is 2.00 bits per heavy atom. The summed E-state index contributed by atoms with van der Waals surface area (Å²) in [5.74, 6) is 0. The third-order valence-corrected chi connectivity index (χ3v) is 4.08.